The maximum absolute atomic E-state index is 11.4. The maximum atomic E-state index is 11.4. The Kier molecular flexibility index (Phi) is 4.16. The van der Waals surface area contributed by atoms with Crippen molar-refractivity contribution in [3.05, 3.63) is 24.3 Å². The fourth-order valence-corrected chi connectivity index (χ4v) is 1.01. The summed E-state index contributed by atoms with van der Waals surface area (Å²) in [6.07, 6.45) is -0.574. The average Bonchev–Trinajstić information content (AvgIpc) is 2.29. The van der Waals surface area contributed by atoms with Gasteiger partial charge in [-0.3, -0.25) is 4.90 Å². The summed E-state index contributed by atoms with van der Waals surface area (Å²) in [5.41, 5.74) is 0. The second-order valence-electron chi connectivity index (χ2n) is 3.06. The normalized spacial score (nSPS) is 9.06. The van der Waals surface area contributed by atoms with Gasteiger partial charge in [0, 0.05) is 13.1 Å². The highest BCUT2D eigenvalue weighted by molar-refractivity contribution is 5.70. The Hall–Kier alpha value is -2.22. The molecule has 0 bridgehead atoms. The fourth-order valence-electron chi connectivity index (χ4n) is 1.01. The number of methoxy groups -OCH3 is 1. The summed E-state index contributed by atoms with van der Waals surface area (Å²) in [5, 5.41) is 8.41. The van der Waals surface area contributed by atoms with E-state index in [-0.39, 0.29) is 6.54 Å². The first-order chi connectivity index (χ1) is 7.67. The number of hydrogen-bond donors (Lipinski definition) is 0. The van der Waals surface area contributed by atoms with Crippen LogP contribution in [0.2, 0.25) is 0 Å². The summed E-state index contributed by atoms with van der Waals surface area (Å²) in [6, 6.07) is 8.55. The lowest BCUT2D eigenvalue weighted by molar-refractivity contribution is 0.167. The molecule has 0 aromatic heterocycles. The highest BCUT2D eigenvalue weighted by atomic mass is 16.6. The van der Waals surface area contributed by atoms with Crippen LogP contribution >= 0.6 is 0 Å². The molecule has 16 heavy (non-hydrogen) atoms. The number of amides is 1. The molecule has 5 nitrogen and oxygen atoms in total. The average molecular weight is 220 g/mol. The molecule has 0 saturated carbocycles. The topological polar surface area (TPSA) is 62.6 Å². The molecule has 0 heterocycles. The summed E-state index contributed by atoms with van der Waals surface area (Å²) >= 11 is 0. The highest BCUT2D eigenvalue weighted by Gasteiger charge is 2.10. The van der Waals surface area contributed by atoms with E-state index >= 15 is 0 Å². The van der Waals surface area contributed by atoms with E-state index in [4.69, 9.17) is 14.7 Å². The molecule has 0 aliphatic carbocycles. The molecule has 0 N–H and O–H groups in total. The van der Waals surface area contributed by atoms with Gasteiger partial charge in [0.05, 0.1) is 13.2 Å². The van der Waals surface area contributed by atoms with Gasteiger partial charge in [-0.2, -0.15) is 5.26 Å². The summed E-state index contributed by atoms with van der Waals surface area (Å²) in [6.45, 7) is -0.0111. The summed E-state index contributed by atoms with van der Waals surface area (Å²) in [5.74, 6) is 0.988. The first-order valence-corrected chi connectivity index (χ1v) is 4.61. The van der Waals surface area contributed by atoms with E-state index in [2.05, 4.69) is 0 Å². The molecule has 1 amide bonds. The molecule has 1 rings (SSSR count). The first kappa shape index (κ1) is 11.9. The van der Waals surface area contributed by atoms with Crippen LogP contribution in [0.15, 0.2) is 24.3 Å². The smallest absolute Gasteiger partial charge is 0.415 e. The van der Waals surface area contributed by atoms with Gasteiger partial charge < -0.3 is 9.47 Å². The van der Waals surface area contributed by atoms with Crippen LogP contribution in [0, 0.1) is 11.3 Å². The monoisotopic (exact) mass is 220 g/mol. The number of hydrogen-bond acceptors (Lipinski definition) is 4. The molecule has 0 spiro atoms. The molecule has 0 atom stereocenters. The molecule has 0 saturated heterocycles. The molecule has 84 valence electrons. The van der Waals surface area contributed by atoms with Gasteiger partial charge >= 0.3 is 6.09 Å². The number of rotatable bonds is 3. The Labute approximate surface area is 93.8 Å². The van der Waals surface area contributed by atoms with Crippen LogP contribution in [-0.2, 0) is 0 Å². The van der Waals surface area contributed by atoms with E-state index in [1.165, 1.54) is 19.1 Å². The van der Waals surface area contributed by atoms with Gasteiger partial charge in [-0.15, -0.1) is 0 Å². The second-order valence-corrected chi connectivity index (χ2v) is 3.06. The number of nitriles is 1. The van der Waals surface area contributed by atoms with E-state index in [9.17, 15) is 4.79 Å². The lowest BCUT2D eigenvalue weighted by Crippen LogP contribution is -2.29. The SMILES string of the molecule is COc1cccc(OC(=O)N(C)CC#N)c1. The largest absolute Gasteiger partial charge is 0.497 e. The van der Waals surface area contributed by atoms with Crippen LogP contribution in [-0.4, -0.2) is 31.7 Å². The first-order valence-electron chi connectivity index (χ1n) is 4.61. The minimum Gasteiger partial charge on any atom is -0.497 e. The Morgan fingerprint density at radius 3 is 2.81 bits per heavy atom. The molecular weight excluding hydrogens is 208 g/mol. The molecular formula is C11H12N2O3. The van der Waals surface area contributed by atoms with E-state index in [0.29, 0.717) is 11.5 Å². The molecule has 0 radical (unpaired) electrons. The van der Waals surface area contributed by atoms with Gasteiger partial charge in [-0.1, -0.05) is 6.07 Å². The van der Waals surface area contributed by atoms with E-state index in [1.54, 1.807) is 24.3 Å². The standard InChI is InChI=1S/C11H12N2O3/c1-13(7-6-12)11(14)16-10-5-3-4-9(8-10)15-2/h3-5,8H,7H2,1-2H3. The van der Waals surface area contributed by atoms with Gasteiger partial charge in [0.25, 0.3) is 0 Å². The summed E-state index contributed by atoms with van der Waals surface area (Å²) in [4.78, 5) is 12.6. The molecule has 1 aromatic rings. The van der Waals surface area contributed by atoms with Crippen molar-refractivity contribution >= 4 is 6.09 Å². The molecule has 1 aromatic carbocycles. The van der Waals surface area contributed by atoms with E-state index in [0.717, 1.165) is 0 Å². The highest BCUT2D eigenvalue weighted by Crippen LogP contribution is 2.19. The van der Waals surface area contributed by atoms with Crippen molar-refractivity contribution in [3.8, 4) is 17.6 Å². The molecule has 0 aliphatic heterocycles. The Balaban J connectivity index is 2.66. The van der Waals surface area contributed by atoms with Crippen LogP contribution in [0.5, 0.6) is 11.5 Å². The van der Waals surface area contributed by atoms with Crippen LogP contribution < -0.4 is 9.47 Å². The third kappa shape index (κ3) is 3.17. The van der Waals surface area contributed by atoms with Crippen LogP contribution in [0.4, 0.5) is 4.79 Å². The zero-order chi connectivity index (χ0) is 12.0. The number of ether oxygens (including phenoxy) is 2. The third-order valence-electron chi connectivity index (χ3n) is 1.87. The van der Waals surface area contributed by atoms with Crippen LogP contribution in [0.1, 0.15) is 0 Å². The van der Waals surface area contributed by atoms with Gasteiger partial charge in [-0.05, 0) is 12.1 Å². The minimum atomic E-state index is -0.574. The Bertz CT molecular complexity index is 412. The molecule has 0 fully saturated rings. The van der Waals surface area contributed by atoms with Crippen molar-refractivity contribution in [1.29, 1.82) is 5.26 Å². The van der Waals surface area contributed by atoms with Crippen molar-refractivity contribution < 1.29 is 14.3 Å². The number of carbonyl (C=O) groups is 1. The lowest BCUT2D eigenvalue weighted by atomic mass is 10.3. The third-order valence-corrected chi connectivity index (χ3v) is 1.87. The zero-order valence-corrected chi connectivity index (χ0v) is 9.14. The predicted octanol–water partition coefficient (Wildman–Crippen LogP) is 1.65. The van der Waals surface area contributed by atoms with Crippen molar-refractivity contribution in [2.75, 3.05) is 20.7 Å². The Morgan fingerprint density at radius 2 is 2.19 bits per heavy atom. The van der Waals surface area contributed by atoms with Crippen molar-refractivity contribution in [1.82, 2.24) is 4.90 Å². The van der Waals surface area contributed by atoms with Gasteiger partial charge in [0.2, 0.25) is 0 Å². The quantitative estimate of drug-likeness (QED) is 0.726. The Morgan fingerprint density at radius 1 is 1.50 bits per heavy atom. The summed E-state index contributed by atoms with van der Waals surface area (Å²) < 4.78 is 10.0. The fraction of sp³-hybridized carbons (Fsp3) is 0.273. The van der Waals surface area contributed by atoms with Crippen LogP contribution in [0.25, 0.3) is 0 Å². The molecule has 0 aliphatic rings. The van der Waals surface area contributed by atoms with Crippen molar-refractivity contribution in [3.63, 3.8) is 0 Å². The number of nitrogens with zero attached hydrogens (tertiary/aromatic N) is 2. The number of benzene rings is 1. The van der Waals surface area contributed by atoms with E-state index in [1.807, 2.05) is 6.07 Å². The van der Waals surface area contributed by atoms with Crippen molar-refractivity contribution in [2.45, 2.75) is 0 Å². The number of carbonyl (C=O) groups excluding carboxylic acids is 1. The van der Waals surface area contributed by atoms with Gasteiger partial charge in [0.1, 0.15) is 18.0 Å². The lowest BCUT2D eigenvalue weighted by Gasteiger charge is -2.13. The molecule has 5 heteroatoms. The predicted molar refractivity (Wildman–Crippen MR) is 57.3 cm³/mol. The molecule has 0 unspecified atom stereocenters. The van der Waals surface area contributed by atoms with Gasteiger partial charge in [-0.25, -0.2) is 4.79 Å². The maximum Gasteiger partial charge on any atom is 0.415 e. The minimum absolute atomic E-state index is 0.0111. The zero-order valence-electron chi connectivity index (χ0n) is 9.14. The second kappa shape index (κ2) is 5.61. The van der Waals surface area contributed by atoms with Crippen LogP contribution in [0.3, 0.4) is 0 Å². The van der Waals surface area contributed by atoms with E-state index < -0.39 is 6.09 Å². The van der Waals surface area contributed by atoms with Gasteiger partial charge in [0.15, 0.2) is 0 Å². The summed E-state index contributed by atoms with van der Waals surface area (Å²) in [7, 11) is 3.02. The van der Waals surface area contributed by atoms with Crippen molar-refractivity contribution in [2.24, 2.45) is 0 Å².